The van der Waals surface area contributed by atoms with Crippen LogP contribution in [0.5, 0.6) is 11.5 Å². The highest BCUT2D eigenvalue weighted by atomic mass is 32.2. The van der Waals surface area contributed by atoms with Gasteiger partial charge in [0.05, 0.1) is 4.58 Å². The van der Waals surface area contributed by atoms with Crippen molar-refractivity contribution < 1.29 is 19.8 Å². The van der Waals surface area contributed by atoms with Gasteiger partial charge in [-0.2, -0.15) is 0 Å². The highest BCUT2D eigenvalue weighted by Crippen LogP contribution is 2.56. The molecular formula is C21H26O4S2. The van der Waals surface area contributed by atoms with Crippen molar-refractivity contribution in [2.75, 3.05) is 11.5 Å². The number of phenols is 2. The third-order valence-electron chi connectivity index (χ3n) is 5.10. The maximum Gasteiger partial charge on any atom is 0.191 e. The highest BCUT2D eigenvalue weighted by molar-refractivity contribution is 8.19. The Balaban J connectivity index is 2.44. The van der Waals surface area contributed by atoms with Crippen LogP contribution in [0.25, 0.3) is 0 Å². The molecule has 1 aliphatic heterocycles. The maximum absolute atomic E-state index is 13.6. The second kappa shape index (κ2) is 6.89. The summed E-state index contributed by atoms with van der Waals surface area (Å²) in [7, 11) is 0. The van der Waals surface area contributed by atoms with Crippen LogP contribution in [0.4, 0.5) is 0 Å². The summed E-state index contributed by atoms with van der Waals surface area (Å²) in [5, 5.41) is 21.6. The Hall–Kier alpha value is -1.40. The molecule has 0 unspecified atom stereocenters. The molecule has 6 heteroatoms. The van der Waals surface area contributed by atoms with Crippen LogP contribution < -0.4 is 0 Å². The molecule has 1 fully saturated rings. The number of ketones is 2. The predicted molar refractivity (Wildman–Crippen MR) is 112 cm³/mol. The van der Waals surface area contributed by atoms with Gasteiger partial charge in [0.2, 0.25) is 0 Å². The molecule has 27 heavy (non-hydrogen) atoms. The fourth-order valence-corrected chi connectivity index (χ4v) is 7.00. The van der Waals surface area contributed by atoms with E-state index in [-0.39, 0.29) is 39.1 Å². The molecule has 1 aromatic carbocycles. The first-order valence-corrected chi connectivity index (χ1v) is 11.2. The molecule has 1 aliphatic carbocycles. The number of hydrogen-bond donors (Lipinski definition) is 2. The maximum atomic E-state index is 13.6. The molecule has 0 bridgehead atoms. The van der Waals surface area contributed by atoms with Crippen molar-refractivity contribution >= 4 is 35.1 Å². The van der Waals surface area contributed by atoms with Gasteiger partial charge in [-0.15, -0.1) is 23.5 Å². The van der Waals surface area contributed by atoms with Gasteiger partial charge in [-0.05, 0) is 18.3 Å². The Morgan fingerprint density at radius 1 is 0.963 bits per heavy atom. The normalized spacial score (nSPS) is 18.6. The second-order valence-corrected chi connectivity index (χ2v) is 11.1. The number of benzene rings is 1. The minimum atomic E-state index is -0.493. The number of fused-ring (bicyclic) bond motifs is 1. The molecule has 0 spiro atoms. The van der Waals surface area contributed by atoms with Crippen LogP contribution in [0.1, 0.15) is 83.9 Å². The molecule has 3 rings (SSSR count). The van der Waals surface area contributed by atoms with E-state index in [0.29, 0.717) is 27.8 Å². The Bertz CT molecular complexity index is 869. The molecule has 2 aliphatic rings. The van der Waals surface area contributed by atoms with Gasteiger partial charge in [0.25, 0.3) is 0 Å². The smallest absolute Gasteiger partial charge is 0.191 e. The molecule has 146 valence electrons. The summed E-state index contributed by atoms with van der Waals surface area (Å²) in [5.41, 5.74) is 1.78. The molecule has 0 amide bonds. The predicted octanol–water partition coefficient (Wildman–Crippen LogP) is 5.44. The van der Waals surface area contributed by atoms with Crippen LogP contribution in [0.3, 0.4) is 0 Å². The SMILES string of the molecule is CC1=C(C(C)(C)C)C(=O)c2c(c(C(C)C)c(O)c(O)c2C2SCCS2)C1=O. The second-order valence-electron chi connectivity index (χ2n) is 8.41. The molecule has 1 saturated heterocycles. The van der Waals surface area contributed by atoms with Gasteiger partial charge in [0.1, 0.15) is 0 Å². The Labute approximate surface area is 168 Å². The zero-order valence-corrected chi connectivity index (χ0v) is 18.2. The first kappa shape index (κ1) is 20.3. The standard InChI is InChI=1S/C21H26O4S2/c1-9(2)11-12-13(14(19(25)18(11)24)20-26-7-8-27-20)17(23)15(21(4,5)6)10(3)16(12)22/h9,20,24-25H,7-8H2,1-6H3. The summed E-state index contributed by atoms with van der Waals surface area (Å²) in [6, 6.07) is 0. The van der Waals surface area contributed by atoms with Crippen LogP contribution >= 0.6 is 23.5 Å². The first-order chi connectivity index (χ1) is 12.5. The third kappa shape index (κ3) is 3.11. The minimum absolute atomic E-state index is 0.165. The first-order valence-electron chi connectivity index (χ1n) is 9.14. The Kier molecular flexibility index (Phi) is 5.19. The summed E-state index contributed by atoms with van der Waals surface area (Å²) in [6.07, 6.45) is 0. The number of carbonyl (C=O) groups is 2. The number of rotatable bonds is 2. The van der Waals surface area contributed by atoms with Gasteiger partial charge in [-0.3, -0.25) is 9.59 Å². The molecule has 0 radical (unpaired) electrons. The van der Waals surface area contributed by atoms with E-state index < -0.39 is 5.41 Å². The molecule has 2 N–H and O–H groups in total. The van der Waals surface area contributed by atoms with Crippen molar-refractivity contribution in [3.63, 3.8) is 0 Å². The zero-order chi connectivity index (χ0) is 20.3. The van der Waals surface area contributed by atoms with Gasteiger partial charge in [-0.1, -0.05) is 34.6 Å². The van der Waals surface area contributed by atoms with Crippen molar-refractivity contribution in [1.29, 1.82) is 0 Å². The highest BCUT2D eigenvalue weighted by Gasteiger charge is 2.43. The number of allylic oxidation sites excluding steroid dienone is 2. The number of carbonyl (C=O) groups excluding carboxylic acids is 2. The number of phenolic OH excluding ortho intramolecular Hbond substituents is 2. The van der Waals surface area contributed by atoms with E-state index in [1.54, 1.807) is 30.4 Å². The average Bonchev–Trinajstić information content (AvgIpc) is 3.06. The van der Waals surface area contributed by atoms with Crippen molar-refractivity contribution in [3.05, 3.63) is 33.4 Å². The van der Waals surface area contributed by atoms with Gasteiger partial charge in [-0.25, -0.2) is 0 Å². The summed E-state index contributed by atoms with van der Waals surface area (Å²) >= 11 is 3.26. The summed E-state index contributed by atoms with van der Waals surface area (Å²) in [4.78, 5) is 27.0. The number of hydrogen-bond acceptors (Lipinski definition) is 6. The van der Waals surface area contributed by atoms with Gasteiger partial charge < -0.3 is 10.2 Å². The minimum Gasteiger partial charge on any atom is -0.504 e. The summed E-state index contributed by atoms with van der Waals surface area (Å²) in [6.45, 7) is 11.2. The Morgan fingerprint density at radius 2 is 1.52 bits per heavy atom. The van der Waals surface area contributed by atoms with E-state index in [1.165, 1.54) is 0 Å². The lowest BCUT2D eigenvalue weighted by atomic mass is 9.70. The monoisotopic (exact) mass is 406 g/mol. The number of Topliss-reactive ketones (excluding diaryl/α,β-unsaturated/α-hetero) is 2. The molecule has 4 nitrogen and oxygen atoms in total. The lowest BCUT2D eigenvalue weighted by Crippen LogP contribution is -2.30. The fourth-order valence-electron chi connectivity index (χ4n) is 4.05. The van der Waals surface area contributed by atoms with Crippen LogP contribution in [0, 0.1) is 5.41 Å². The number of aromatic hydroxyl groups is 2. The topological polar surface area (TPSA) is 74.6 Å². The zero-order valence-electron chi connectivity index (χ0n) is 16.6. The van der Waals surface area contributed by atoms with Crippen LogP contribution in [0.15, 0.2) is 11.1 Å². The quantitative estimate of drug-likeness (QED) is 0.637. The molecular weight excluding hydrogens is 380 g/mol. The molecule has 0 aromatic heterocycles. The largest absolute Gasteiger partial charge is 0.504 e. The van der Waals surface area contributed by atoms with E-state index in [9.17, 15) is 19.8 Å². The van der Waals surface area contributed by atoms with E-state index in [2.05, 4.69) is 0 Å². The van der Waals surface area contributed by atoms with Crippen molar-refractivity contribution in [2.45, 2.75) is 52.0 Å². The fraction of sp³-hybridized carbons (Fsp3) is 0.524. The Morgan fingerprint density at radius 3 is 2.00 bits per heavy atom. The molecule has 0 atom stereocenters. The van der Waals surface area contributed by atoms with E-state index in [4.69, 9.17) is 0 Å². The lowest BCUT2D eigenvalue weighted by molar-refractivity contribution is 0.0955. The van der Waals surface area contributed by atoms with Crippen molar-refractivity contribution in [2.24, 2.45) is 5.41 Å². The van der Waals surface area contributed by atoms with Crippen LogP contribution in [-0.2, 0) is 0 Å². The summed E-state index contributed by atoms with van der Waals surface area (Å²) < 4.78 is -0.165. The molecule has 0 saturated carbocycles. The van der Waals surface area contributed by atoms with Gasteiger partial charge >= 0.3 is 0 Å². The van der Waals surface area contributed by atoms with Crippen LogP contribution in [-0.4, -0.2) is 33.3 Å². The molecule has 1 aromatic rings. The molecule has 1 heterocycles. The summed E-state index contributed by atoms with van der Waals surface area (Å²) in [5.74, 6) is 0.665. The van der Waals surface area contributed by atoms with Gasteiger partial charge in [0, 0.05) is 44.9 Å². The van der Waals surface area contributed by atoms with Crippen LogP contribution in [0.2, 0.25) is 0 Å². The van der Waals surface area contributed by atoms with E-state index in [1.807, 2.05) is 34.6 Å². The van der Waals surface area contributed by atoms with E-state index >= 15 is 0 Å². The lowest BCUT2D eigenvalue weighted by Gasteiger charge is -2.32. The third-order valence-corrected chi connectivity index (χ3v) is 8.14. The van der Waals surface area contributed by atoms with Crippen molar-refractivity contribution in [3.8, 4) is 11.5 Å². The van der Waals surface area contributed by atoms with Crippen molar-refractivity contribution in [1.82, 2.24) is 0 Å². The van der Waals surface area contributed by atoms with E-state index in [0.717, 1.165) is 11.5 Å². The number of thioether (sulfide) groups is 2. The van der Waals surface area contributed by atoms with Gasteiger partial charge in [0.15, 0.2) is 23.1 Å². The average molecular weight is 407 g/mol.